The number of hydrogen-bond donors (Lipinski definition) is 2. The van der Waals surface area contributed by atoms with Gasteiger partial charge in [0.25, 0.3) is 5.91 Å². The minimum atomic E-state index is -0.419. The molecule has 3 fully saturated rings. The van der Waals surface area contributed by atoms with Crippen LogP contribution in [-0.4, -0.2) is 65.7 Å². The molecule has 8 nitrogen and oxygen atoms in total. The zero-order valence-electron chi connectivity index (χ0n) is 22.3. The van der Waals surface area contributed by atoms with Gasteiger partial charge in [0.05, 0.1) is 16.9 Å². The lowest BCUT2D eigenvalue weighted by atomic mass is 9.92. The molecule has 0 radical (unpaired) electrons. The Bertz CT molecular complexity index is 1350. The van der Waals surface area contributed by atoms with Crippen molar-refractivity contribution < 1.29 is 14.3 Å². The molecule has 1 aliphatic heterocycles. The average molecular weight is 516 g/mol. The second-order valence-corrected chi connectivity index (χ2v) is 11.2. The van der Waals surface area contributed by atoms with Crippen LogP contribution in [0.5, 0.6) is 0 Å². The first-order valence-electron chi connectivity index (χ1n) is 13.9. The molecule has 2 heterocycles. The molecule has 0 spiro atoms. The first-order chi connectivity index (χ1) is 18.4. The Hall–Kier alpha value is -3.52. The highest BCUT2D eigenvalue weighted by atomic mass is 16.6. The first kappa shape index (κ1) is 24.8. The fourth-order valence-electron chi connectivity index (χ4n) is 5.67. The predicted octanol–water partition coefficient (Wildman–Crippen LogP) is 5.35. The number of benzene rings is 2. The number of nitrogens with two attached hydrogens (primary N) is 1. The van der Waals surface area contributed by atoms with Crippen LogP contribution in [0.25, 0.3) is 22.2 Å². The largest absolute Gasteiger partial charge is 0.446 e. The lowest BCUT2D eigenvalue weighted by Crippen LogP contribution is -2.47. The highest BCUT2D eigenvalue weighted by Crippen LogP contribution is 2.44. The Balaban J connectivity index is 1.29. The highest BCUT2D eigenvalue weighted by molar-refractivity contribution is 6.05. The van der Waals surface area contributed by atoms with Crippen LogP contribution in [0.2, 0.25) is 0 Å². The van der Waals surface area contributed by atoms with E-state index in [-0.39, 0.29) is 12.0 Å². The maximum absolute atomic E-state index is 13.3. The van der Waals surface area contributed by atoms with Gasteiger partial charge in [0.15, 0.2) is 0 Å². The molecule has 1 aromatic heterocycles. The Morgan fingerprint density at radius 3 is 2.34 bits per heavy atom. The van der Waals surface area contributed by atoms with Crippen molar-refractivity contribution in [3.05, 3.63) is 48.0 Å². The summed E-state index contributed by atoms with van der Waals surface area (Å²) in [6, 6.07) is 14.1. The van der Waals surface area contributed by atoms with Gasteiger partial charge in [-0.3, -0.25) is 10.1 Å². The van der Waals surface area contributed by atoms with Crippen LogP contribution in [0.15, 0.2) is 42.5 Å². The third-order valence-corrected chi connectivity index (χ3v) is 8.50. The molecule has 2 aromatic carbocycles. The third-order valence-electron chi connectivity index (χ3n) is 8.50. The summed E-state index contributed by atoms with van der Waals surface area (Å²) in [5, 5.41) is 3.82. The number of piperazine rings is 1. The first-order valence-corrected chi connectivity index (χ1v) is 13.9. The molecule has 1 saturated heterocycles. The van der Waals surface area contributed by atoms with Crippen LogP contribution < -0.4 is 11.1 Å². The van der Waals surface area contributed by atoms with Crippen molar-refractivity contribution in [3.63, 3.8) is 0 Å². The Morgan fingerprint density at radius 1 is 1.00 bits per heavy atom. The van der Waals surface area contributed by atoms with Gasteiger partial charge in [-0.25, -0.2) is 4.79 Å². The summed E-state index contributed by atoms with van der Waals surface area (Å²) in [7, 11) is 2.09. The van der Waals surface area contributed by atoms with Gasteiger partial charge in [0.2, 0.25) is 0 Å². The van der Waals surface area contributed by atoms with Gasteiger partial charge < -0.3 is 24.8 Å². The molecule has 1 atom stereocenters. The second-order valence-electron chi connectivity index (χ2n) is 11.2. The molecular formula is C30H37N5O3. The van der Waals surface area contributed by atoms with E-state index in [1.807, 2.05) is 54.3 Å². The van der Waals surface area contributed by atoms with Crippen LogP contribution in [0.4, 0.5) is 16.2 Å². The SMILES string of the molecule is C[C@@H](OC(=O)Nc1ccc(-c2c(N)c3ccc(C(=O)N4CCN(C)CC4)cc3n2C2CCC2)cc1)C1CC1. The van der Waals surface area contributed by atoms with Crippen LogP contribution in [0.1, 0.15) is 55.4 Å². The van der Waals surface area contributed by atoms with Gasteiger partial charge in [0.1, 0.15) is 6.10 Å². The summed E-state index contributed by atoms with van der Waals surface area (Å²) in [4.78, 5) is 29.8. The van der Waals surface area contributed by atoms with Crippen molar-refractivity contribution in [2.75, 3.05) is 44.3 Å². The van der Waals surface area contributed by atoms with Crippen molar-refractivity contribution in [3.8, 4) is 11.3 Å². The summed E-state index contributed by atoms with van der Waals surface area (Å²) >= 11 is 0. The number of carbonyl (C=O) groups excluding carboxylic acids is 2. The average Bonchev–Trinajstić information content (AvgIpc) is 3.70. The van der Waals surface area contributed by atoms with Gasteiger partial charge in [-0.05, 0) is 82.3 Å². The standard InChI is InChI=1S/C30H37N5O3/c1-19(20-6-7-20)38-30(37)32-23-11-8-21(9-12-23)28-27(31)25-13-10-22(18-26(25)35(28)24-4-3-5-24)29(36)34-16-14-33(2)15-17-34/h8-13,18-20,24H,3-7,14-17,31H2,1-2H3,(H,32,37)/t19-/m1/s1. The molecule has 8 heteroatoms. The Labute approximate surface area is 223 Å². The Kier molecular flexibility index (Phi) is 6.51. The Morgan fingerprint density at radius 2 is 1.71 bits per heavy atom. The van der Waals surface area contributed by atoms with Crippen molar-refractivity contribution in [2.45, 2.75) is 51.2 Å². The van der Waals surface area contributed by atoms with Crippen LogP contribution >= 0.6 is 0 Å². The quantitative estimate of drug-likeness (QED) is 0.462. The highest BCUT2D eigenvalue weighted by Gasteiger charge is 2.31. The fourth-order valence-corrected chi connectivity index (χ4v) is 5.67. The number of nitrogen functional groups attached to an aromatic ring is 1. The summed E-state index contributed by atoms with van der Waals surface area (Å²) in [5.74, 6) is 0.580. The summed E-state index contributed by atoms with van der Waals surface area (Å²) in [5.41, 5.74) is 11.9. The van der Waals surface area contributed by atoms with E-state index in [4.69, 9.17) is 10.5 Å². The molecule has 0 bridgehead atoms. The van der Waals surface area contributed by atoms with Gasteiger partial charge in [0, 0.05) is 54.4 Å². The van der Waals surface area contributed by atoms with Crippen LogP contribution in [0, 0.1) is 5.92 Å². The van der Waals surface area contributed by atoms with Gasteiger partial charge >= 0.3 is 6.09 Å². The molecule has 3 aliphatic rings. The van der Waals surface area contributed by atoms with E-state index in [2.05, 4.69) is 21.8 Å². The number of nitrogens with zero attached hydrogens (tertiary/aromatic N) is 3. The number of likely N-dealkylation sites (N-methyl/N-ethyl adjacent to an activating group) is 1. The molecular weight excluding hydrogens is 478 g/mol. The van der Waals surface area contributed by atoms with Gasteiger partial charge in [-0.15, -0.1) is 0 Å². The molecule has 6 rings (SSSR count). The minimum Gasteiger partial charge on any atom is -0.446 e. The van der Waals surface area contributed by atoms with E-state index in [0.29, 0.717) is 23.2 Å². The van der Waals surface area contributed by atoms with E-state index in [1.54, 1.807) is 0 Å². The molecule has 2 amide bonds. The lowest BCUT2D eigenvalue weighted by molar-refractivity contribution is 0.0664. The number of fused-ring (bicyclic) bond motifs is 1. The molecule has 3 aromatic rings. The third kappa shape index (κ3) is 4.73. The summed E-state index contributed by atoms with van der Waals surface area (Å²) in [6.07, 6.45) is 5.16. The number of nitrogens with one attached hydrogen (secondary N) is 1. The van der Waals surface area contributed by atoms with Gasteiger partial charge in [-0.2, -0.15) is 0 Å². The van der Waals surface area contributed by atoms with Crippen LogP contribution in [0.3, 0.4) is 0 Å². The number of rotatable bonds is 6. The number of carbonyl (C=O) groups is 2. The number of aromatic nitrogens is 1. The van der Waals surface area contributed by atoms with E-state index in [0.717, 1.165) is 79.7 Å². The smallest absolute Gasteiger partial charge is 0.411 e. The predicted molar refractivity (Wildman–Crippen MR) is 150 cm³/mol. The van der Waals surface area contributed by atoms with E-state index >= 15 is 0 Å². The lowest BCUT2D eigenvalue weighted by Gasteiger charge is -2.32. The number of ether oxygens (including phenoxy) is 1. The van der Waals surface area contributed by atoms with E-state index in [1.165, 1.54) is 6.42 Å². The number of anilines is 2. The summed E-state index contributed by atoms with van der Waals surface area (Å²) in [6.45, 7) is 5.24. The van der Waals surface area contributed by atoms with E-state index in [9.17, 15) is 9.59 Å². The molecule has 2 saturated carbocycles. The fraction of sp³-hybridized carbons (Fsp3) is 0.467. The molecule has 2 aliphatic carbocycles. The molecule has 0 unspecified atom stereocenters. The van der Waals surface area contributed by atoms with Crippen molar-refractivity contribution in [2.24, 2.45) is 5.92 Å². The van der Waals surface area contributed by atoms with Gasteiger partial charge in [-0.1, -0.05) is 12.1 Å². The minimum absolute atomic E-state index is 0.0553. The number of hydrogen-bond acceptors (Lipinski definition) is 5. The maximum Gasteiger partial charge on any atom is 0.411 e. The zero-order chi connectivity index (χ0) is 26.4. The van der Waals surface area contributed by atoms with E-state index < -0.39 is 6.09 Å². The molecule has 38 heavy (non-hydrogen) atoms. The molecule has 3 N–H and O–H groups in total. The second kappa shape index (κ2) is 9.98. The normalized spacial score (nSPS) is 19.3. The monoisotopic (exact) mass is 515 g/mol. The number of amides is 2. The van der Waals surface area contributed by atoms with Crippen molar-refractivity contribution in [1.82, 2.24) is 14.4 Å². The molecule has 200 valence electrons. The maximum atomic E-state index is 13.3. The summed E-state index contributed by atoms with van der Waals surface area (Å²) < 4.78 is 7.83. The van der Waals surface area contributed by atoms with Crippen molar-refractivity contribution in [1.29, 1.82) is 0 Å². The zero-order valence-corrected chi connectivity index (χ0v) is 22.3. The topological polar surface area (TPSA) is 92.8 Å². The van der Waals surface area contributed by atoms with Crippen molar-refractivity contribution >= 4 is 34.3 Å². The van der Waals surface area contributed by atoms with Crippen LogP contribution in [-0.2, 0) is 4.74 Å².